The van der Waals surface area contributed by atoms with E-state index in [2.05, 4.69) is 26.5 Å². The van der Waals surface area contributed by atoms with Gasteiger partial charge in [-0.3, -0.25) is 9.89 Å². The Labute approximate surface area is 175 Å². The molecule has 0 spiro atoms. The Balaban J connectivity index is 1.60. The van der Waals surface area contributed by atoms with E-state index in [1.165, 1.54) is 19.3 Å². The van der Waals surface area contributed by atoms with E-state index >= 15 is 0 Å². The van der Waals surface area contributed by atoms with E-state index in [0.717, 1.165) is 53.1 Å². The third kappa shape index (κ3) is 3.92. The number of benzene rings is 2. The quantitative estimate of drug-likeness (QED) is 0.647. The Morgan fingerprint density at radius 3 is 2.73 bits per heavy atom. The molecule has 1 fully saturated rings. The summed E-state index contributed by atoms with van der Waals surface area (Å²) in [7, 11) is 0. The lowest BCUT2D eigenvalue weighted by molar-refractivity contribution is -0.123. The van der Waals surface area contributed by atoms with Crippen molar-refractivity contribution in [3.05, 3.63) is 36.4 Å². The van der Waals surface area contributed by atoms with Crippen LogP contribution in [0.15, 0.2) is 36.4 Å². The Morgan fingerprint density at radius 1 is 0.933 bits per heavy atom. The van der Waals surface area contributed by atoms with Crippen LogP contribution >= 0.6 is 0 Å². The van der Waals surface area contributed by atoms with Gasteiger partial charge in [0.1, 0.15) is 17.2 Å². The molecule has 30 heavy (non-hydrogen) atoms. The molecule has 7 nitrogen and oxygen atoms in total. The number of piperidine rings is 1. The molecule has 2 N–H and O–H groups in total. The minimum absolute atomic E-state index is 0.00647. The number of nitrogens with one attached hydrogen (secondary N) is 2. The standard InChI is InChI=1S/C23H26N4O3/c28-22-15-30-19-12-16(11-17(13-19)27-8-2-1-3-9-27)23-20-14-18(29-10-4-7-24-22)5-6-21(20)25-26-23/h5-6,11-14H,1-4,7-10,15H2,(H,24,28)(H,25,26). The third-order valence-corrected chi connectivity index (χ3v) is 5.70. The summed E-state index contributed by atoms with van der Waals surface area (Å²) < 4.78 is 11.8. The van der Waals surface area contributed by atoms with Crippen molar-refractivity contribution in [1.82, 2.24) is 15.5 Å². The molecule has 0 saturated carbocycles. The lowest BCUT2D eigenvalue weighted by Gasteiger charge is -2.29. The van der Waals surface area contributed by atoms with Gasteiger partial charge in [0.15, 0.2) is 6.61 Å². The summed E-state index contributed by atoms with van der Waals surface area (Å²) in [6.07, 6.45) is 4.38. The number of carbonyl (C=O) groups is 1. The Kier molecular flexibility index (Phi) is 5.17. The van der Waals surface area contributed by atoms with Crippen LogP contribution in [-0.2, 0) is 4.79 Å². The fourth-order valence-corrected chi connectivity index (χ4v) is 4.13. The minimum atomic E-state index is -0.127. The van der Waals surface area contributed by atoms with E-state index in [0.29, 0.717) is 18.9 Å². The number of amides is 1. The topological polar surface area (TPSA) is 79.5 Å². The zero-order valence-corrected chi connectivity index (χ0v) is 16.9. The van der Waals surface area contributed by atoms with Gasteiger partial charge in [-0.05, 0) is 56.0 Å². The first kappa shape index (κ1) is 18.8. The van der Waals surface area contributed by atoms with Crippen molar-refractivity contribution in [2.24, 2.45) is 0 Å². The Bertz CT molecular complexity index is 1060. The Morgan fingerprint density at radius 2 is 1.83 bits per heavy atom. The first-order valence-electron chi connectivity index (χ1n) is 10.7. The van der Waals surface area contributed by atoms with Crippen molar-refractivity contribution >= 4 is 22.5 Å². The fourth-order valence-electron chi connectivity index (χ4n) is 4.13. The second-order valence-electron chi connectivity index (χ2n) is 7.88. The molecule has 3 heterocycles. The second kappa shape index (κ2) is 8.26. The van der Waals surface area contributed by atoms with Crippen LogP contribution < -0.4 is 19.7 Å². The van der Waals surface area contributed by atoms with Crippen LogP contribution in [0, 0.1) is 0 Å². The van der Waals surface area contributed by atoms with Crippen LogP contribution in [-0.4, -0.2) is 49.0 Å². The number of hydrogen-bond acceptors (Lipinski definition) is 5. The van der Waals surface area contributed by atoms with E-state index < -0.39 is 0 Å². The van der Waals surface area contributed by atoms with Gasteiger partial charge in [0.25, 0.3) is 5.91 Å². The van der Waals surface area contributed by atoms with Crippen molar-refractivity contribution in [2.45, 2.75) is 25.7 Å². The molecular formula is C23H26N4O3. The van der Waals surface area contributed by atoms with E-state index in [4.69, 9.17) is 9.47 Å². The molecular weight excluding hydrogens is 380 g/mol. The van der Waals surface area contributed by atoms with E-state index in [1.54, 1.807) is 0 Å². The first-order valence-corrected chi connectivity index (χ1v) is 10.7. The summed E-state index contributed by atoms with van der Waals surface area (Å²) in [6, 6.07) is 12.1. The molecule has 7 heteroatoms. The third-order valence-electron chi connectivity index (χ3n) is 5.70. The molecule has 2 aliphatic rings. The normalized spacial score (nSPS) is 17.6. The molecule has 1 amide bonds. The maximum absolute atomic E-state index is 12.2. The number of fused-ring (bicyclic) bond motifs is 4. The van der Waals surface area contributed by atoms with Crippen molar-refractivity contribution in [3.63, 3.8) is 0 Å². The number of rotatable bonds is 1. The molecule has 4 bridgehead atoms. The highest BCUT2D eigenvalue weighted by Gasteiger charge is 2.17. The van der Waals surface area contributed by atoms with Gasteiger partial charge in [-0.1, -0.05) is 0 Å². The number of anilines is 1. The number of hydrogen-bond donors (Lipinski definition) is 2. The van der Waals surface area contributed by atoms with Crippen molar-refractivity contribution in [2.75, 3.05) is 37.7 Å². The zero-order chi connectivity index (χ0) is 20.3. The maximum Gasteiger partial charge on any atom is 0.257 e. The molecule has 0 radical (unpaired) electrons. The highest BCUT2D eigenvalue weighted by molar-refractivity contribution is 5.94. The summed E-state index contributed by atoms with van der Waals surface area (Å²) in [6.45, 7) is 3.14. The predicted octanol–water partition coefficient (Wildman–Crippen LogP) is 3.50. The van der Waals surface area contributed by atoms with Crippen LogP contribution in [0.1, 0.15) is 25.7 Å². The summed E-state index contributed by atoms with van der Waals surface area (Å²) in [5.74, 6) is 1.36. The number of ether oxygens (including phenoxy) is 2. The smallest absolute Gasteiger partial charge is 0.257 e. The molecule has 3 aromatic rings. The number of aromatic amines is 1. The van der Waals surface area contributed by atoms with Gasteiger partial charge in [0.2, 0.25) is 0 Å². The molecule has 5 rings (SSSR count). The molecule has 1 saturated heterocycles. The molecule has 2 aliphatic heterocycles. The highest BCUT2D eigenvalue weighted by atomic mass is 16.5. The Hall–Kier alpha value is -3.22. The van der Waals surface area contributed by atoms with Crippen molar-refractivity contribution in [3.8, 4) is 22.8 Å². The van der Waals surface area contributed by atoms with Crippen molar-refractivity contribution in [1.29, 1.82) is 0 Å². The summed E-state index contributed by atoms with van der Waals surface area (Å²) in [5, 5.41) is 11.6. The molecule has 0 unspecified atom stereocenters. The number of carbonyl (C=O) groups excluding carboxylic acids is 1. The predicted molar refractivity (Wildman–Crippen MR) is 116 cm³/mol. The molecule has 0 aliphatic carbocycles. The molecule has 1 aromatic heterocycles. The maximum atomic E-state index is 12.2. The SMILES string of the molecule is O=C1COc2cc(cc(N3CCCCC3)c2)-c2n[nH]c3ccc(cc23)OCCCN1. The highest BCUT2D eigenvalue weighted by Crippen LogP contribution is 2.35. The molecule has 156 valence electrons. The van der Waals surface area contributed by atoms with E-state index in [-0.39, 0.29) is 12.5 Å². The van der Waals surface area contributed by atoms with Crippen LogP contribution in [0.4, 0.5) is 5.69 Å². The zero-order valence-electron chi connectivity index (χ0n) is 16.9. The first-order chi connectivity index (χ1) is 14.8. The van der Waals surface area contributed by atoms with Gasteiger partial charge in [0.05, 0.1) is 12.1 Å². The number of H-pyrrole nitrogens is 1. The largest absolute Gasteiger partial charge is 0.494 e. The number of nitrogens with zero attached hydrogens (tertiary/aromatic N) is 2. The van der Waals surface area contributed by atoms with Gasteiger partial charge < -0.3 is 19.7 Å². The van der Waals surface area contributed by atoms with Gasteiger partial charge in [-0.2, -0.15) is 5.10 Å². The van der Waals surface area contributed by atoms with E-state index in [9.17, 15) is 4.79 Å². The summed E-state index contributed by atoms with van der Waals surface area (Å²) in [4.78, 5) is 14.5. The lowest BCUT2D eigenvalue weighted by atomic mass is 10.0. The van der Waals surface area contributed by atoms with Gasteiger partial charge in [0, 0.05) is 42.3 Å². The van der Waals surface area contributed by atoms with Crippen LogP contribution in [0.25, 0.3) is 22.2 Å². The number of aromatic nitrogens is 2. The van der Waals surface area contributed by atoms with Gasteiger partial charge in [-0.15, -0.1) is 0 Å². The van der Waals surface area contributed by atoms with Crippen LogP contribution in [0.5, 0.6) is 11.5 Å². The minimum Gasteiger partial charge on any atom is -0.494 e. The van der Waals surface area contributed by atoms with Crippen LogP contribution in [0.2, 0.25) is 0 Å². The molecule has 2 aromatic carbocycles. The summed E-state index contributed by atoms with van der Waals surface area (Å²) >= 11 is 0. The van der Waals surface area contributed by atoms with Gasteiger partial charge in [-0.25, -0.2) is 0 Å². The monoisotopic (exact) mass is 406 g/mol. The van der Waals surface area contributed by atoms with Gasteiger partial charge >= 0.3 is 0 Å². The second-order valence-corrected chi connectivity index (χ2v) is 7.88. The van der Waals surface area contributed by atoms with E-state index in [1.807, 2.05) is 30.3 Å². The molecule has 0 atom stereocenters. The lowest BCUT2D eigenvalue weighted by Crippen LogP contribution is -2.31. The van der Waals surface area contributed by atoms with Crippen molar-refractivity contribution < 1.29 is 14.3 Å². The average Bonchev–Trinajstić information content (AvgIpc) is 3.21. The fraction of sp³-hybridized carbons (Fsp3) is 0.391. The van der Waals surface area contributed by atoms with Crippen LogP contribution in [0.3, 0.4) is 0 Å². The summed E-state index contributed by atoms with van der Waals surface area (Å²) in [5.41, 5.74) is 3.89. The average molecular weight is 406 g/mol.